The van der Waals surface area contributed by atoms with Crippen molar-refractivity contribution in [3.05, 3.63) is 59.7 Å². The first-order valence-corrected chi connectivity index (χ1v) is 16.8. The molecule has 3 fully saturated rings. The van der Waals surface area contributed by atoms with Gasteiger partial charge in [0.1, 0.15) is 11.6 Å². The summed E-state index contributed by atoms with van der Waals surface area (Å²) in [6.45, 7) is 13.6. The van der Waals surface area contributed by atoms with E-state index in [0.717, 1.165) is 25.1 Å². The van der Waals surface area contributed by atoms with E-state index in [1.807, 2.05) is 19.9 Å². The molecule has 5 aliphatic rings. The molecule has 256 valence electrons. The quantitative estimate of drug-likeness (QED) is 0.252. The Morgan fingerprint density at radius 2 is 2.00 bits per heavy atom. The molecule has 12 heteroatoms. The first kappa shape index (κ1) is 34.0. The number of morpholine rings is 1. The second kappa shape index (κ2) is 13.9. The zero-order chi connectivity index (χ0) is 34.1. The molecule has 1 aromatic heterocycles. The molecule has 0 spiro atoms. The van der Waals surface area contributed by atoms with E-state index in [0.29, 0.717) is 61.3 Å². The summed E-state index contributed by atoms with van der Waals surface area (Å²) >= 11 is 0. The minimum atomic E-state index is -0.749. The number of cyclic esters (lactones) is 1. The molecule has 12 nitrogen and oxygen atoms in total. The van der Waals surface area contributed by atoms with E-state index in [4.69, 9.17) is 9.47 Å². The lowest BCUT2D eigenvalue weighted by Gasteiger charge is -2.61. The zero-order valence-electron chi connectivity index (χ0n) is 28.0. The van der Waals surface area contributed by atoms with Crippen LogP contribution in [0.2, 0.25) is 0 Å². The number of allylic oxidation sites excluding steroid dienone is 2. The van der Waals surface area contributed by atoms with Gasteiger partial charge in [-0.25, -0.2) is 19.8 Å². The van der Waals surface area contributed by atoms with Crippen LogP contribution in [0, 0.1) is 22.7 Å². The standard InChI is InChI=1S/C36H46N6O6/c1-22-27(6-5-25-16-26(48-33(25)46)15-24-19-39-34(40-20-24)42-11-13-47-14-12-42)35(3)8-7-31(45)36(4,21-43)30(35)17-28(22)41-23(2)29(44)18-32-37-9-10-38-32/h5-6,9,15-16,19-20,23,27-28,30-31,41,43,45H,1,7-8,10-14,17-18,21H2,2-4H3/b6-5+,26-15+/t23?,27?,28?,30?,31-,35-,36+/m1/s1. The van der Waals surface area contributed by atoms with Crippen molar-refractivity contribution in [2.24, 2.45) is 32.7 Å². The Kier molecular flexibility index (Phi) is 9.89. The van der Waals surface area contributed by atoms with Crippen molar-refractivity contribution < 1.29 is 29.3 Å². The molecule has 0 bridgehead atoms. The molecule has 2 saturated carbocycles. The second-order valence-electron chi connectivity index (χ2n) is 14.0. The molecule has 2 aliphatic carbocycles. The van der Waals surface area contributed by atoms with Gasteiger partial charge >= 0.3 is 5.97 Å². The van der Waals surface area contributed by atoms with Crippen LogP contribution in [-0.4, -0.2) is 102 Å². The molecule has 4 unspecified atom stereocenters. The van der Waals surface area contributed by atoms with Gasteiger partial charge in [0.15, 0.2) is 5.78 Å². The monoisotopic (exact) mass is 658 g/mol. The number of aliphatic hydroxyl groups is 2. The van der Waals surface area contributed by atoms with Crippen LogP contribution in [0.1, 0.15) is 52.0 Å². The number of aromatic nitrogens is 2. The smallest absolute Gasteiger partial charge is 0.343 e. The number of aliphatic imine (C=N–C) groups is 2. The number of carbonyl (C=O) groups excluding carboxylic acids is 2. The number of aliphatic hydroxyl groups excluding tert-OH is 2. The fourth-order valence-electron chi connectivity index (χ4n) is 8.04. The number of ether oxygens (including phenoxy) is 2. The Hall–Kier alpha value is -3.84. The van der Waals surface area contributed by atoms with Gasteiger partial charge in [-0.05, 0) is 49.7 Å². The summed E-state index contributed by atoms with van der Waals surface area (Å²) in [5.74, 6) is 0.787. The highest BCUT2D eigenvalue weighted by Gasteiger charge is 2.59. The first-order chi connectivity index (χ1) is 23.0. The van der Waals surface area contributed by atoms with Crippen molar-refractivity contribution in [3.63, 3.8) is 0 Å². The Balaban J connectivity index is 1.23. The third-order valence-corrected chi connectivity index (χ3v) is 11.0. The fourth-order valence-corrected chi connectivity index (χ4v) is 8.04. The SMILES string of the molecule is C=C1C(NC(C)C(=O)CC2=NCC=N2)CC2[C@](C)(CC[C@@H](O)[C@@]2(C)CO)C1/C=C/C1=CC(=C\c2cnc(N3CCOCC3)nc2)/OC1=O. The van der Waals surface area contributed by atoms with E-state index in [-0.39, 0.29) is 42.1 Å². The molecule has 1 saturated heterocycles. The number of hydrogen-bond acceptors (Lipinski definition) is 12. The zero-order valence-corrected chi connectivity index (χ0v) is 28.0. The largest absolute Gasteiger partial charge is 0.423 e. The third-order valence-electron chi connectivity index (χ3n) is 11.0. The summed E-state index contributed by atoms with van der Waals surface area (Å²) in [4.78, 5) is 45.6. The van der Waals surface area contributed by atoms with Crippen molar-refractivity contribution in [2.45, 2.75) is 64.6 Å². The lowest BCUT2D eigenvalue weighted by molar-refractivity contribution is -0.149. The number of rotatable bonds is 10. The molecule has 0 radical (unpaired) electrons. The summed E-state index contributed by atoms with van der Waals surface area (Å²) in [5, 5.41) is 25.2. The number of amidine groups is 1. The highest BCUT2D eigenvalue weighted by Crippen LogP contribution is 2.61. The Bertz CT molecular complexity index is 1580. The summed E-state index contributed by atoms with van der Waals surface area (Å²) in [7, 11) is 0. The lowest BCUT2D eigenvalue weighted by atomic mass is 9.45. The van der Waals surface area contributed by atoms with Crippen LogP contribution in [0.15, 0.2) is 64.1 Å². The summed E-state index contributed by atoms with van der Waals surface area (Å²) in [6, 6.07) is -0.748. The molecule has 1 aromatic rings. The third kappa shape index (κ3) is 6.71. The van der Waals surface area contributed by atoms with Gasteiger partial charge in [-0.3, -0.25) is 9.79 Å². The van der Waals surface area contributed by atoms with E-state index >= 15 is 0 Å². The molecule has 48 heavy (non-hydrogen) atoms. The average molecular weight is 659 g/mol. The van der Waals surface area contributed by atoms with Gasteiger partial charge < -0.3 is 29.9 Å². The van der Waals surface area contributed by atoms with Crippen LogP contribution in [0.5, 0.6) is 0 Å². The lowest BCUT2D eigenvalue weighted by Crippen LogP contribution is -2.61. The minimum absolute atomic E-state index is 0.0195. The van der Waals surface area contributed by atoms with E-state index in [2.05, 4.69) is 43.7 Å². The van der Waals surface area contributed by atoms with Gasteiger partial charge in [-0.15, -0.1) is 0 Å². The van der Waals surface area contributed by atoms with Crippen LogP contribution >= 0.6 is 0 Å². The van der Waals surface area contributed by atoms with Crippen molar-refractivity contribution in [3.8, 4) is 0 Å². The molecule has 3 aliphatic heterocycles. The molecular formula is C36H46N6O6. The number of hydrogen-bond donors (Lipinski definition) is 3. The molecule has 3 N–H and O–H groups in total. The summed E-state index contributed by atoms with van der Waals surface area (Å²) in [5.41, 5.74) is 0.904. The van der Waals surface area contributed by atoms with Gasteiger partial charge in [0.05, 0.1) is 50.5 Å². The number of ketones is 1. The first-order valence-electron chi connectivity index (χ1n) is 16.8. The number of fused-ring (bicyclic) bond motifs is 1. The van der Waals surface area contributed by atoms with Gasteiger partial charge in [0, 0.05) is 54.6 Å². The topological polar surface area (TPSA) is 159 Å². The number of carbonyl (C=O) groups is 2. The van der Waals surface area contributed by atoms with Gasteiger partial charge in [0.2, 0.25) is 5.95 Å². The summed E-state index contributed by atoms with van der Waals surface area (Å²) in [6.07, 6.45) is 13.7. The second-order valence-corrected chi connectivity index (χ2v) is 14.0. The average Bonchev–Trinajstić information content (AvgIpc) is 3.73. The number of nitrogens with zero attached hydrogens (tertiary/aromatic N) is 5. The van der Waals surface area contributed by atoms with Crippen LogP contribution in [0.3, 0.4) is 0 Å². The molecule has 4 heterocycles. The van der Waals surface area contributed by atoms with E-state index in [1.165, 1.54) is 0 Å². The predicted molar refractivity (Wildman–Crippen MR) is 182 cm³/mol. The Labute approximate surface area is 281 Å². The van der Waals surface area contributed by atoms with Crippen molar-refractivity contribution in [2.75, 3.05) is 44.4 Å². The minimum Gasteiger partial charge on any atom is -0.423 e. The number of Topliss-reactive ketones (excluding diaryl/α,β-unsaturated/α-hetero) is 1. The summed E-state index contributed by atoms with van der Waals surface area (Å²) < 4.78 is 11.0. The van der Waals surface area contributed by atoms with Gasteiger partial charge in [0.25, 0.3) is 0 Å². The number of anilines is 1. The van der Waals surface area contributed by atoms with Crippen LogP contribution in [0.25, 0.3) is 6.08 Å². The molecule has 0 aromatic carbocycles. The van der Waals surface area contributed by atoms with Crippen LogP contribution in [-0.2, 0) is 19.1 Å². The van der Waals surface area contributed by atoms with Crippen molar-refractivity contribution in [1.29, 1.82) is 0 Å². The highest BCUT2D eigenvalue weighted by molar-refractivity contribution is 6.07. The maximum absolute atomic E-state index is 13.1. The van der Waals surface area contributed by atoms with Gasteiger partial charge in [-0.1, -0.05) is 38.2 Å². The molecule has 6 rings (SSSR count). The van der Waals surface area contributed by atoms with Crippen molar-refractivity contribution >= 4 is 35.8 Å². The van der Waals surface area contributed by atoms with Crippen LogP contribution in [0.4, 0.5) is 5.95 Å². The maximum atomic E-state index is 13.1. The Morgan fingerprint density at radius 3 is 2.69 bits per heavy atom. The predicted octanol–water partition coefficient (Wildman–Crippen LogP) is 2.83. The maximum Gasteiger partial charge on any atom is 0.343 e. The van der Waals surface area contributed by atoms with Crippen molar-refractivity contribution in [1.82, 2.24) is 15.3 Å². The fraction of sp³-hybridized carbons (Fsp3) is 0.556. The van der Waals surface area contributed by atoms with Crippen LogP contribution < -0.4 is 10.2 Å². The van der Waals surface area contributed by atoms with E-state index in [9.17, 15) is 19.8 Å². The molecule has 0 amide bonds. The van der Waals surface area contributed by atoms with Gasteiger partial charge in [-0.2, -0.15) is 0 Å². The molecular weight excluding hydrogens is 612 g/mol. The van der Waals surface area contributed by atoms with E-state index in [1.54, 1.807) is 36.8 Å². The van der Waals surface area contributed by atoms with E-state index < -0.39 is 23.5 Å². The molecule has 7 atom stereocenters. The number of nitrogens with one attached hydrogen (secondary N) is 1. The highest BCUT2D eigenvalue weighted by atomic mass is 16.5. The normalized spacial score (nSPS) is 33.5. The Morgan fingerprint density at radius 1 is 1.25 bits per heavy atom. The number of esters is 1.